The molecular weight excluding hydrogens is 312 g/mol. The second kappa shape index (κ2) is 6.72. The molecule has 1 fully saturated rings. The van der Waals surface area contributed by atoms with E-state index in [0.29, 0.717) is 6.42 Å². The van der Waals surface area contributed by atoms with Crippen LogP contribution in [0.3, 0.4) is 0 Å². The number of H-pyrrole nitrogens is 1. The van der Waals surface area contributed by atoms with Gasteiger partial charge in [-0.2, -0.15) is 5.10 Å². The third-order valence-electron chi connectivity index (χ3n) is 4.31. The summed E-state index contributed by atoms with van der Waals surface area (Å²) in [7, 11) is 2.09. The van der Waals surface area contributed by atoms with E-state index < -0.39 is 0 Å². The Balaban J connectivity index is 1.68. The van der Waals surface area contributed by atoms with Crippen molar-refractivity contribution in [3.05, 3.63) is 52.3 Å². The summed E-state index contributed by atoms with van der Waals surface area (Å²) in [6.45, 7) is 2.89. The number of benzene rings is 1. The van der Waals surface area contributed by atoms with Crippen molar-refractivity contribution in [1.29, 1.82) is 0 Å². The van der Waals surface area contributed by atoms with E-state index in [9.17, 15) is 4.79 Å². The largest absolute Gasteiger partial charge is 0.351 e. The molecule has 6 heteroatoms. The van der Waals surface area contributed by atoms with Crippen LogP contribution in [0.1, 0.15) is 29.4 Å². The van der Waals surface area contributed by atoms with Crippen molar-refractivity contribution >= 4 is 17.5 Å². The maximum absolute atomic E-state index is 12.3. The maximum Gasteiger partial charge on any atom is 0.226 e. The lowest BCUT2D eigenvalue weighted by molar-refractivity contribution is -0.121. The third kappa shape index (κ3) is 3.74. The molecule has 1 amide bonds. The second-order valence-electron chi connectivity index (χ2n) is 6.16. The number of rotatable bonds is 4. The fourth-order valence-corrected chi connectivity index (χ4v) is 3.36. The number of hydrogen-bond acceptors (Lipinski definition) is 3. The molecule has 1 aromatic carbocycles. The Hall–Kier alpha value is -1.85. The summed E-state index contributed by atoms with van der Waals surface area (Å²) in [4.78, 5) is 14.6. The van der Waals surface area contributed by atoms with E-state index in [2.05, 4.69) is 27.5 Å². The predicted octanol–water partition coefficient (Wildman–Crippen LogP) is 2.48. The first kappa shape index (κ1) is 16.0. The number of aromatic nitrogens is 2. The SMILES string of the molecule is Cc1cc(CC(=O)N[C@@H]2CCN(C)[C@@H]2c2ccc(Cl)cc2)n[nH]1. The molecule has 0 saturated carbocycles. The van der Waals surface area contributed by atoms with Crippen LogP contribution in [0, 0.1) is 6.92 Å². The van der Waals surface area contributed by atoms with Crippen molar-refractivity contribution in [3.8, 4) is 0 Å². The number of nitrogens with zero attached hydrogens (tertiary/aromatic N) is 2. The molecule has 3 rings (SSSR count). The quantitative estimate of drug-likeness (QED) is 0.904. The molecule has 0 bridgehead atoms. The number of likely N-dealkylation sites (tertiary alicyclic amines) is 1. The van der Waals surface area contributed by atoms with Gasteiger partial charge >= 0.3 is 0 Å². The molecule has 1 aliphatic rings. The van der Waals surface area contributed by atoms with Crippen LogP contribution in [0.2, 0.25) is 5.02 Å². The van der Waals surface area contributed by atoms with E-state index in [1.165, 1.54) is 5.56 Å². The molecule has 2 heterocycles. The lowest BCUT2D eigenvalue weighted by Crippen LogP contribution is -2.39. The summed E-state index contributed by atoms with van der Waals surface area (Å²) in [6, 6.07) is 10.0. The highest BCUT2D eigenvalue weighted by atomic mass is 35.5. The lowest BCUT2D eigenvalue weighted by Gasteiger charge is -2.26. The van der Waals surface area contributed by atoms with Crippen LogP contribution in [0.25, 0.3) is 0 Å². The molecule has 2 atom stereocenters. The normalized spacial score (nSPS) is 21.5. The molecule has 0 aliphatic carbocycles. The van der Waals surface area contributed by atoms with Gasteiger partial charge < -0.3 is 5.32 Å². The first-order valence-corrected chi connectivity index (χ1v) is 8.16. The molecule has 122 valence electrons. The second-order valence-corrected chi connectivity index (χ2v) is 6.60. The van der Waals surface area contributed by atoms with Crippen molar-refractivity contribution in [2.45, 2.75) is 31.8 Å². The Morgan fingerprint density at radius 1 is 1.43 bits per heavy atom. The minimum absolute atomic E-state index is 0.00997. The van der Waals surface area contributed by atoms with Crippen LogP contribution in [-0.2, 0) is 11.2 Å². The molecular formula is C17H21ClN4O. The summed E-state index contributed by atoms with van der Waals surface area (Å²) >= 11 is 5.97. The van der Waals surface area contributed by atoms with Gasteiger partial charge in [-0.25, -0.2) is 0 Å². The lowest BCUT2D eigenvalue weighted by atomic mass is 10.00. The van der Waals surface area contributed by atoms with E-state index in [1.807, 2.05) is 37.3 Å². The Bertz CT molecular complexity index is 682. The van der Waals surface area contributed by atoms with E-state index >= 15 is 0 Å². The molecule has 0 spiro atoms. The number of halogens is 1. The number of nitrogens with one attached hydrogen (secondary N) is 2. The van der Waals surface area contributed by atoms with Crippen molar-refractivity contribution < 1.29 is 4.79 Å². The molecule has 2 aromatic rings. The van der Waals surface area contributed by atoms with Gasteiger partial charge in [0.2, 0.25) is 5.91 Å². The van der Waals surface area contributed by atoms with Gasteiger partial charge in [0, 0.05) is 23.3 Å². The number of likely N-dealkylation sites (N-methyl/N-ethyl adjacent to an activating group) is 1. The molecule has 2 N–H and O–H groups in total. The molecule has 1 saturated heterocycles. The zero-order valence-corrected chi connectivity index (χ0v) is 14.1. The first-order valence-electron chi connectivity index (χ1n) is 7.79. The van der Waals surface area contributed by atoms with E-state index in [-0.39, 0.29) is 18.0 Å². The summed E-state index contributed by atoms with van der Waals surface area (Å²) < 4.78 is 0. The van der Waals surface area contributed by atoms with Gasteiger partial charge in [-0.05, 0) is 44.2 Å². The van der Waals surface area contributed by atoms with Gasteiger partial charge in [-0.15, -0.1) is 0 Å². The highest BCUT2D eigenvalue weighted by Crippen LogP contribution is 2.31. The van der Waals surface area contributed by atoms with Crippen molar-refractivity contribution in [3.63, 3.8) is 0 Å². The number of amides is 1. The van der Waals surface area contributed by atoms with E-state index in [0.717, 1.165) is 29.4 Å². The summed E-state index contributed by atoms with van der Waals surface area (Å²) in [5, 5.41) is 10.9. The monoisotopic (exact) mass is 332 g/mol. The molecule has 0 radical (unpaired) electrons. The molecule has 1 aliphatic heterocycles. The van der Waals surface area contributed by atoms with E-state index in [4.69, 9.17) is 11.6 Å². The van der Waals surface area contributed by atoms with Crippen LogP contribution in [0.4, 0.5) is 0 Å². The van der Waals surface area contributed by atoms with Crippen LogP contribution in [0.15, 0.2) is 30.3 Å². The summed E-state index contributed by atoms with van der Waals surface area (Å²) in [5.41, 5.74) is 2.91. The van der Waals surface area contributed by atoms with Crippen molar-refractivity contribution in [2.75, 3.05) is 13.6 Å². The Labute approximate surface area is 141 Å². The molecule has 1 aromatic heterocycles. The Kier molecular flexibility index (Phi) is 4.68. The van der Waals surface area contributed by atoms with Gasteiger partial charge in [-0.1, -0.05) is 23.7 Å². The third-order valence-corrected chi connectivity index (χ3v) is 4.56. The van der Waals surface area contributed by atoms with Crippen molar-refractivity contribution in [2.24, 2.45) is 0 Å². The zero-order chi connectivity index (χ0) is 16.4. The molecule has 23 heavy (non-hydrogen) atoms. The Morgan fingerprint density at radius 2 is 2.17 bits per heavy atom. The molecule has 0 unspecified atom stereocenters. The predicted molar refractivity (Wildman–Crippen MR) is 90.4 cm³/mol. The maximum atomic E-state index is 12.3. The van der Waals surface area contributed by atoms with Crippen molar-refractivity contribution in [1.82, 2.24) is 20.4 Å². The summed E-state index contributed by atoms with van der Waals surface area (Å²) in [5.74, 6) is 0.00997. The van der Waals surface area contributed by atoms with Gasteiger partial charge in [0.25, 0.3) is 0 Å². The Morgan fingerprint density at radius 3 is 2.83 bits per heavy atom. The van der Waals surface area contributed by atoms with Gasteiger partial charge in [0.15, 0.2) is 0 Å². The smallest absolute Gasteiger partial charge is 0.226 e. The van der Waals surface area contributed by atoms with E-state index in [1.54, 1.807) is 0 Å². The molecule has 5 nitrogen and oxygen atoms in total. The van der Waals surface area contributed by atoms with Crippen LogP contribution < -0.4 is 5.32 Å². The highest BCUT2D eigenvalue weighted by Gasteiger charge is 2.33. The zero-order valence-electron chi connectivity index (χ0n) is 13.3. The number of aryl methyl sites for hydroxylation is 1. The van der Waals surface area contributed by atoms with Gasteiger partial charge in [-0.3, -0.25) is 14.8 Å². The fourth-order valence-electron chi connectivity index (χ4n) is 3.23. The fraction of sp³-hybridized carbons (Fsp3) is 0.412. The average Bonchev–Trinajstić information content (AvgIpc) is 3.06. The summed E-state index contributed by atoms with van der Waals surface area (Å²) in [6.07, 6.45) is 1.24. The topological polar surface area (TPSA) is 61.0 Å². The van der Waals surface area contributed by atoms with Crippen LogP contribution in [-0.4, -0.2) is 40.6 Å². The minimum Gasteiger partial charge on any atom is -0.351 e. The number of hydrogen-bond donors (Lipinski definition) is 2. The standard InChI is InChI=1S/C17H21ClN4O/c1-11-9-14(21-20-11)10-16(23)19-15-7-8-22(2)17(15)12-3-5-13(18)6-4-12/h3-6,9,15,17H,7-8,10H2,1-2H3,(H,19,23)(H,20,21)/t15-,17-/m1/s1. The first-order chi connectivity index (χ1) is 11.0. The number of aromatic amines is 1. The van der Waals surface area contributed by atoms with Gasteiger partial charge in [0.05, 0.1) is 18.2 Å². The number of carbonyl (C=O) groups is 1. The number of carbonyl (C=O) groups excluding carboxylic acids is 1. The van der Waals surface area contributed by atoms with Crippen LogP contribution >= 0.6 is 11.6 Å². The van der Waals surface area contributed by atoms with Gasteiger partial charge in [0.1, 0.15) is 0 Å². The minimum atomic E-state index is 0.00997. The average molecular weight is 333 g/mol. The van der Waals surface area contributed by atoms with Crippen LogP contribution in [0.5, 0.6) is 0 Å². The highest BCUT2D eigenvalue weighted by molar-refractivity contribution is 6.30.